The highest BCUT2D eigenvalue weighted by Gasteiger charge is 2.54. The molecule has 0 aliphatic carbocycles. The second kappa shape index (κ2) is 30.9. The predicted molar refractivity (Wildman–Crippen MR) is 323 cm³/mol. The zero-order valence-electron chi connectivity index (χ0n) is 46.8. The molecule has 6 aromatic carbocycles. The van der Waals surface area contributed by atoms with Gasteiger partial charge in [-0.15, -0.1) is 0 Å². The monoisotopic (exact) mass is 1270 g/mol. The standard InChI is InChI=1S/C61H62Cl2N4O16P2S/c1-72-47-29-25-43(26-30-47)58(68)65-54-33-35-67(60(69)66-54)59-57(80-55-24-13-14-36-74-55)56(83-85(71,76-37-15-34-64)82-52-23-12-10-21-50(52)63)53(79-59)42-78-84(70,81-51-22-11-9-20-49(51)62)77-39-41-86-40-38-75-61(44-16-5-3-6-17-44,45-18-7-4-8-19-45)46-27-31-48(73-2)32-28-46/h3-12,16-23,25-33,35,53,55-57,59H,13-15,24,36-42H2,1-2H3,(H,65,66,68,69)/t53-,55?,56-,57-,59-,84?,85?/m1/s1. The van der Waals surface area contributed by atoms with E-state index in [0.29, 0.717) is 36.7 Å². The molecule has 3 unspecified atom stereocenters. The zero-order chi connectivity index (χ0) is 60.4. The number of benzene rings is 6. The quantitative estimate of drug-likeness (QED) is 0.0250. The topological polar surface area (TPSA) is 233 Å². The number of methoxy groups -OCH3 is 2. The van der Waals surface area contributed by atoms with Gasteiger partial charge in [-0.1, -0.05) is 120 Å². The number of rotatable bonds is 30. The van der Waals surface area contributed by atoms with Gasteiger partial charge in [-0.3, -0.25) is 27.5 Å². The van der Waals surface area contributed by atoms with Crippen LogP contribution in [0.3, 0.4) is 0 Å². The maximum atomic E-state index is 15.2. The minimum atomic E-state index is -4.90. The molecule has 1 aromatic heterocycles. The molecule has 2 aliphatic heterocycles. The van der Waals surface area contributed by atoms with E-state index in [1.807, 2.05) is 91.0 Å². The Bertz CT molecular complexity index is 3490. The average Bonchev–Trinajstić information content (AvgIpc) is 1.58. The minimum Gasteiger partial charge on any atom is -0.497 e. The number of anilines is 1. The summed E-state index contributed by atoms with van der Waals surface area (Å²) in [6, 6.07) is 49.7. The molecule has 2 aliphatic rings. The fraction of sp³-hybridized carbons (Fsp3) is 0.311. The molecule has 7 atom stereocenters. The summed E-state index contributed by atoms with van der Waals surface area (Å²) >= 11 is 14.5. The van der Waals surface area contributed by atoms with Gasteiger partial charge in [0.2, 0.25) is 0 Å². The van der Waals surface area contributed by atoms with Crippen LogP contribution in [0.1, 0.15) is 59.0 Å². The number of aromatic nitrogens is 2. The first-order chi connectivity index (χ1) is 41.8. The summed E-state index contributed by atoms with van der Waals surface area (Å²) < 4.78 is 105. The molecular formula is C61H62Cl2N4O16P2S. The Labute approximate surface area is 512 Å². The summed E-state index contributed by atoms with van der Waals surface area (Å²) in [5.74, 6) is 1.18. The van der Waals surface area contributed by atoms with Gasteiger partial charge in [-0.2, -0.15) is 22.0 Å². The van der Waals surface area contributed by atoms with E-state index in [1.54, 1.807) is 55.6 Å². The van der Waals surface area contributed by atoms with Crippen LogP contribution < -0.4 is 29.5 Å². The van der Waals surface area contributed by atoms with E-state index in [1.165, 1.54) is 55.4 Å². The molecule has 1 N–H and O–H groups in total. The Kier molecular flexibility index (Phi) is 22.9. The van der Waals surface area contributed by atoms with Crippen LogP contribution in [0.5, 0.6) is 23.0 Å². The molecule has 0 bridgehead atoms. The summed E-state index contributed by atoms with van der Waals surface area (Å²) in [5.41, 5.74) is 1.06. The normalized spacial score (nSPS) is 19.1. The molecule has 25 heteroatoms. The number of ether oxygens (including phenoxy) is 6. The molecule has 0 saturated carbocycles. The van der Waals surface area contributed by atoms with Gasteiger partial charge in [0.1, 0.15) is 52.7 Å². The summed E-state index contributed by atoms with van der Waals surface area (Å²) in [4.78, 5) is 31.7. The molecule has 20 nitrogen and oxygen atoms in total. The van der Waals surface area contributed by atoms with Crippen LogP contribution in [0.4, 0.5) is 5.82 Å². The van der Waals surface area contributed by atoms with Crippen LogP contribution >= 0.6 is 50.6 Å². The van der Waals surface area contributed by atoms with E-state index in [9.17, 15) is 14.9 Å². The lowest BCUT2D eigenvalue weighted by Crippen LogP contribution is -2.43. The van der Waals surface area contributed by atoms with Crippen LogP contribution in [-0.2, 0) is 51.8 Å². The number of nitrogens with zero attached hydrogens (tertiary/aromatic N) is 3. The first-order valence-electron chi connectivity index (χ1n) is 27.3. The third-order valence-corrected chi connectivity index (χ3v) is 17.9. The summed E-state index contributed by atoms with van der Waals surface area (Å²) in [7, 11) is -6.54. The minimum absolute atomic E-state index is 0.0377. The summed E-state index contributed by atoms with van der Waals surface area (Å²) in [6.45, 7) is -0.728. The van der Waals surface area contributed by atoms with Crippen molar-refractivity contribution in [2.24, 2.45) is 0 Å². The number of para-hydroxylation sites is 2. The maximum Gasteiger partial charge on any atom is 0.530 e. The van der Waals surface area contributed by atoms with Crippen LogP contribution in [-0.4, -0.2) is 98.8 Å². The molecule has 9 rings (SSSR count). The fourth-order valence-corrected chi connectivity index (χ4v) is 13.2. The molecular weight excluding hydrogens is 1210 g/mol. The second-order valence-corrected chi connectivity index (χ2v) is 24.3. The number of thioether (sulfide) groups is 1. The number of hydrogen-bond donors (Lipinski definition) is 1. The number of phosphoric acid groups is 2. The van der Waals surface area contributed by atoms with Crippen LogP contribution in [0.2, 0.25) is 10.0 Å². The highest BCUT2D eigenvalue weighted by molar-refractivity contribution is 7.99. The smallest absolute Gasteiger partial charge is 0.497 e. The number of nitriles is 1. The summed E-state index contributed by atoms with van der Waals surface area (Å²) in [6.07, 6.45) is -4.02. The SMILES string of the molecule is COc1ccc(C(=O)Nc2ccn([C@@H]3O[C@H](COP(=O)(OCCSCCOC(c4ccccc4)(c4ccccc4)c4ccc(OC)cc4)Oc4ccccc4Cl)[C@@H](OP(=O)(OCCC#N)Oc4ccccc4Cl)[C@H]3OC3CCCCO3)c(=O)n2)cc1. The van der Waals surface area contributed by atoms with Gasteiger partial charge in [0.15, 0.2) is 12.5 Å². The van der Waals surface area contributed by atoms with E-state index in [-0.39, 0.29) is 58.3 Å². The summed E-state index contributed by atoms with van der Waals surface area (Å²) in [5, 5.41) is 12.3. The van der Waals surface area contributed by atoms with Crippen LogP contribution in [0.25, 0.3) is 0 Å². The van der Waals surface area contributed by atoms with Gasteiger partial charge in [-0.05, 0) is 103 Å². The van der Waals surface area contributed by atoms with E-state index in [4.69, 9.17) is 78.8 Å². The molecule has 7 aromatic rings. The maximum absolute atomic E-state index is 15.2. The Morgan fingerprint density at radius 2 is 1.30 bits per heavy atom. The van der Waals surface area contributed by atoms with E-state index < -0.39 is 76.9 Å². The lowest BCUT2D eigenvalue weighted by molar-refractivity contribution is -0.214. The van der Waals surface area contributed by atoms with E-state index >= 15 is 9.13 Å². The number of carbonyl (C=O) groups excluding carboxylic acids is 1. The highest BCUT2D eigenvalue weighted by Crippen LogP contribution is 2.56. The fourth-order valence-electron chi connectivity index (χ4n) is 9.39. The van der Waals surface area contributed by atoms with Crippen molar-refractivity contribution < 1.29 is 69.5 Å². The van der Waals surface area contributed by atoms with Crippen LogP contribution in [0, 0.1) is 11.3 Å². The van der Waals surface area contributed by atoms with E-state index in [0.717, 1.165) is 27.7 Å². The van der Waals surface area contributed by atoms with Crippen molar-refractivity contribution >= 4 is 62.3 Å². The molecule has 3 heterocycles. The number of phosphoric ester groups is 2. The largest absolute Gasteiger partial charge is 0.530 e. The van der Waals surface area contributed by atoms with Gasteiger partial charge in [0.25, 0.3) is 5.91 Å². The van der Waals surface area contributed by atoms with Crippen molar-refractivity contribution in [3.05, 3.63) is 213 Å². The number of carbonyl (C=O) groups is 1. The molecule has 1 amide bonds. The first-order valence-corrected chi connectivity index (χ1v) is 32.2. The predicted octanol–water partition coefficient (Wildman–Crippen LogP) is 13.1. The molecule has 0 spiro atoms. The van der Waals surface area contributed by atoms with Crippen molar-refractivity contribution in [2.45, 2.75) is 62.1 Å². The van der Waals surface area contributed by atoms with Gasteiger partial charge in [0, 0.05) is 29.9 Å². The number of halogens is 2. The lowest BCUT2D eigenvalue weighted by atomic mass is 9.80. The zero-order valence-corrected chi connectivity index (χ0v) is 50.9. The Morgan fingerprint density at radius 3 is 1.90 bits per heavy atom. The van der Waals surface area contributed by atoms with Crippen molar-refractivity contribution in [1.82, 2.24) is 9.55 Å². The molecule has 86 heavy (non-hydrogen) atoms. The average molecular weight is 1270 g/mol. The molecule has 2 saturated heterocycles. The lowest BCUT2D eigenvalue weighted by Gasteiger charge is -2.36. The van der Waals surface area contributed by atoms with Crippen LogP contribution in [0.15, 0.2) is 175 Å². The highest BCUT2D eigenvalue weighted by atomic mass is 35.5. The van der Waals surface area contributed by atoms with Gasteiger partial charge in [-0.25, -0.2) is 13.9 Å². The van der Waals surface area contributed by atoms with E-state index in [2.05, 4.69) is 10.3 Å². The molecule has 452 valence electrons. The first kappa shape index (κ1) is 63.9. The van der Waals surface area contributed by atoms with Crippen molar-refractivity contribution in [3.63, 3.8) is 0 Å². The van der Waals surface area contributed by atoms with Gasteiger partial charge >= 0.3 is 21.3 Å². The Hall–Kier alpha value is -6.57. The third kappa shape index (κ3) is 16.5. The molecule has 2 fully saturated rings. The third-order valence-electron chi connectivity index (χ3n) is 13.5. The van der Waals surface area contributed by atoms with Crippen molar-refractivity contribution in [1.29, 1.82) is 5.26 Å². The van der Waals surface area contributed by atoms with Gasteiger partial charge < -0.3 is 42.8 Å². The number of amides is 1. The van der Waals surface area contributed by atoms with Gasteiger partial charge in [0.05, 0.1) is 63.2 Å². The second-order valence-electron chi connectivity index (χ2n) is 19.1. The Balaban J connectivity index is 0.986. The molecule has 0 radical (unpaired) electrons. The van der Waals surface area contributed by atoms with Crippen molar-refractivity contribution in [3.8, 4) is 29.1 Å². The number of nitrogens with one attached hydrogen (secondary N) is 1. The number of hydrogen-bond acceptors (Lipinski definition) is 19. The Morgan fingerprint density at radius 1 is 0.721 bits per heavy atom. The van der Waals surface area contributed by atoms with Crippen molar-refractivity contribution in [2.75, 3.05) is 64.1 Å².